The molecule has 5 rings (SSSR count). The van der Waals surface area contributed by atoms with E-state index in [1.807, 2.05) is 6.07 Å². The third-order valence-corrected chi connectivity index (χ3v) is 9.65. The summed E-state index contributed by atoms with van der Waals surface area (Å²) in [6.07, 6.45) is 3.37. The number of phenols is 1. The van der Waals surface area contributed by atoms with Gasteiger partial charge in [-0.1, -0.05) is 19.9 Å². The number of hydrogen-bond donors (Lipinski definition) is 4. The second-order valence-corrected chi connectivity index (χ2v) is 13.0. The number of nitrogens with zero attached hydrogens (tertiary/aromatic N) is 3. The van der Waals surface area contributed by atoms with Crippen molar-refractivity contribution in [2.75, 3.05) is 38.4 Å². The van der Waals surface area contributed by atoms with Crippen LogP contribution in [0.15, 0.2) is 30.6 Å². The molecule has 12 heteroatoms. The number of Topliss-reactive ketones (excluding diaryl/α,β-unsaturated/α-hetero) is 4. The van der Waals surface area contributed by atoms with Crippen LogP contribution in [-0.2, 0) is 32.1 Å². The minimum atomic E-state index is -2.84. The van der Waals surface area contributed by atoms with Crippen LogP contribution in [0.3, 0.4) is 0 Å². The van der Waals surface area contributed by atoms with E-state index in [0.29, 0.717) is 17.8 Å². The lowest BCUT2D eigenvalue weighted by Crippen LogP contribution is -2.79. The van der Waals surface area contributed by atoms with Crippen LogP contribution in [0.1, 0.15) is 41.8 Å². The lowest BCUT2D eigenvalue weighted by atomic mass is 9.42. The number of rotatable bonds is 6. The molecule has 1 heterocycles. The predicted octanol–water partition coefficient (Wildman–Crippen LogP) is 0.720. The fourth-order valence-corrected chi connectivity index (χ4v) is 8.00. The van der Waals surface area contributed by atoms with Gasteiger partial charge in [0.1, 0.15) is 5.75 Å². The summed E-state index contributed by atoms with van der Waals surface area (Å²) < 4.78 is 0. The van der Waals surface area contributed by atoms with Crippen LogP contribution < -0.4 is 16.0 Å². The molecule has 2 saturated carbocycles. The maximum absolute atomic E-state index is 14.4. The van der Waals surface area contributed by atoms with Gasteiger partial charge in [0.05, 0.1) is 23.2 Å². The highest BCUT2D eigenvalue weighted by Gasteiger charge is 2.76. The molecular formula is C31H37N5O7. The van der Waals surface area contributed by atoms with Crippen LogP contribution in [0, 0.1) is 22.7 Å². The largest absolute Gasteiger partial charge is 0.505 e. The van der Waals surface area contributed by atoms with Gasteiger partial charge < -0.3 is 26.2 Å². The van der Waals surface area contributed by atoms with Gasteiger partial charge in [-0.05, 0) is 55.6 Å². The van der Waals surface area contributed by atoms with Crippen LogP contribution in [0.2, 0.25) is 0 Å². The minimum Gasteiger partial charge on any atom is -0.505 e. The summed E-state index contributed by atoms with van der Waals surface area (Å²) in [6.45, 7) is 3.51. The number of anilines is 2. The van der Waals surface area contributed by atoms with E-state index in [1.54, 1.807) is 64.5 Å². The summed E-state index contributed by atoms with van der Waals surface area (Å²) in [6, 6.07) is 4.14. The molecule has 228 valence electrons. The Morgan fingerprint density at radius 1 is 1.14 bits per heavy atom. The van der Waals surface area contributed by atoms with E-state index in [1.165, 1.54) is 11.8 Å². The highest BCUT2D eigenvalue weighted by atomic mass is 16.3. The third kappa shape index (κ3) is 4.10. The van der Waals surface area contributed by atoms with E-state index in [2.05, 4.69) is 10.3 Å². The van der Waals surface area contributed by atoms with Gasteiger partial charge in [0.25, 0.3) is 0 Å². The molecule has 2 aromatic rings. The number of aliphatic hydroxyl groups is 1. The van der Waals surface area contributed by atoms with Gasteiger partial charge in [0, 0.05) is 44.1 Å². The van der Waals surface area contributed by atoms with Crippen molar-refractivity contribution in [3.05, 3.63) is 47.3 Å². The number of likely N-dealkylation sites (N-methyl/N-ethyl adjacent to an activating group) is 1. The molecule has 0 radical (unpaired) electrons. The number of carbonyl (C=O) groups excluding carboxylic acids is 5. The van der Waals surface area contributed by atoms with Gasteiger partial charge in [-0.15, -0.1) is 0 Å². The second kappa shape index (κ2) is 9.95. The highest BCUT2D eigenvalue weighted by Crippen LogP contribution is 2.62. The lowest BCUT2D eigenvalue weighted by Gasteiger charge is -2.61. The Kier molecular flexibility index (Phi) is 7.01. The molecule has 6 atom stereocenters. The van der Waals surface area contributed by atoms with Crippen molar-refractivity contribution in [1.29, 1.82) is 0 Å². The molecule has 3 aliphatic rings. The van der Waals surface area contributed by atoms with Gasteiger partial charge >= 0.3 is 0 Å². The van der Waals surface area contributed by atoms with E-state index in [0.717, 1.165) is 5.56 Å². The van der Waals surface area contributed by atoms with Gasteiger partial charge in [0.2, 0.25) is 5.91 Å². The van der Waals surface area contributed by atoms with Crippen LogP contribution in [-0.4, -0.2) is 89.0 Å². The Hall–Kier alpha value is -4.16. The van der Waals surface area contributed by atoms with Crippen molar-refractivity contribution >= 4 is 40.4 Å². The number of aromatic hydroxyl groups is 1. The molecule has 43 heavy (non-hydrogen) atoms. The first-order chi connectivity index (χ1) is 20.0. The van der Waals surface area contributed by atoms with Crippen LogP contribution in [0.5, 0.6) is 5.75 Å². The monoisotopic (exact) mass is 591 g/mol. The summed E-state index contributed by atoms with van der Waals surface area (Å²) >= 11 is 0. The van der Waals surface area contributed by atoms with Crippen molar-refractivity contribution in [3.8, 4) is 5.75 Å². The summed E-state index contributed by atoms with van der Waals surface area (Å²) in [4.78, 5) is 75.8. The maximum Gasteiger partial charge on any atom is 0.235 e. The number of pyridine rings is 1. The molecule has 12 nitrogen and oxygen atoms in total. The number of nitrogens with two attached hydrogens (primary N) is 1. The van der Waals surface area contributed by atoms with Crippen molar-refractivity contribution < 1.29 is 34.2 Å². The summed E-state index contributed by atoms with van der Waals surface area (Å²) in [5.74, 6) is -9.11. The number of fused-ring (bicyclic) bond motifs is 3. The van der Waals surface area contributed by atoms with Crippen molar-refractivity contribution in [2.24, 2.45) is 28.4 Å². The van der Waals surface area contributed by atoms with Crippen LogP contribution in [0.4, 0.5) is 11.4 Å². The van der Waals surface area contributed by atoms with E-state index < -0.39 is 63.3 Å². The molecule has 1 aromatic heterocycles. The zero-order chi connectivity index (χ0) is 31.8. The van der Waals surface area contributed by atoms with Crippen molar-refractivity contribution in [2.45, 2.75) is 44.9 Å². The average molecular weight is 592 g/mol. The molecule has 3 aliphatic carbocycles. The molecule has 2 fully saturated rings. The molecule has 0 spiro atoms. The topological polar surface area (TPSA) is 183 Å². The Morgan fingerprint density at radius 2 is 1.81 bits per heavy atom. The van der Waals surface area contributed by atoms with Crippen molar-refractivity contribution in [1.82, 2.24) is 9.88 Å². The number of hydrogen-bond acceptors (Lipinski definition) is 11. The maximum atomic E-state index is 14.4. The second-order valence-electron chi connectivity index (χ2n) is 13.0. The van der Waals surface area contributed by atoms with E-state index in [4.69, 9.17) is 5.73 Å². The standard InChI is InChI=1S/C31H37N5O7/c1-29-11-16-18(35(3)4)10-17(34-13-15-8-7-9-33-12-15)22(37)19(16)23(38)21(29)27(41)31(43)26(40)20(28(32)42)24(39)25(36(5)6)30(31,2)14-29/h7-10,12,20-21,25,34,37,43H,11,13-14H2,1-6H3,(H2,32,42)/t20?,21?,25-,29+,30+,31-/m1/s1. The lowest BCUT2D eigenvalue weighted by molar-refractivity contribution is -0.203. The average Bonchev–Trinajstić information content (AvgIpc) is 2.90. The minimum absolute atomic E-state index is 0.0709. The zero-order valence-corrected chi connectivity index (χ0v) is 25.1. The molecule has 2 unspecified atom stereocenters. The number of ketones is 4. The Labute approximate surface area is 249 Å². The first kappa shape index (κ1) is 30.3. The molecule has 0 saturated heterocycles. The SMILES string of the molecule is CN(C)c1cc(NCc2cccnc2)c(O)c2c1C[C@@]1(C)C[C@@]3(C)[C@H](N(C)C)C(=O)C(C(N)=O)C(=O)[C@@]3(O)C(=O)C1C2=O. The normalized spacial score (nSPS) is 31.8. The number of primary amides is 1. The fourth-order valence-electron chi connectivity index (χ4n) is 8.00. The number of carbonyl (C=O) groups is 5. The Bertz CT molecular complexity index is 1570. The van der Waals surface area contributed by atoms with Crippen LogP contribution in [0.25, 0.3) is 0 Å². The van der Waals surface area contributed by atoms with Crippen molar-refractivity contribution in [3.63, 3.8) is 0 Å². The molecule has 5 N–H and O–H groups in total. The summed E-state index contributed by atoms with van der Waals surface area (Å²) in [5, 5.41) is 26.7. The quantitative estimate of drug-likeness (QED) is 0.274. The van der Waals surface area contributed by atoms with Gasteiger partial charge in [-0.2, -0.15) is 0 Å². The van der Waals surface area contributed by atoms with Crippen LogP contribution >= 0.6 is 0 Å². The molecule has 0 bridgehead atoms. The Morgan fingerprint density at radius 3 is 2.37 bits per heavy atom. The highest BCUT2D eigenvalue weighted by molar-refractivity contribution is 6.33. The van der Waals surface area contributed by atoms with Gasteiger partial charge in [-0.3, -0.25) is 33.9 Å². The molecule has 1 amide bonds. The third-order valence-electron chi connectivity index (χ3n) is 9.65. The first-order valence-corrected chi connectivity index (χ1v) is 14.0. The smallest absolute Gasteiger partial charge is 0.235 e. The number of aromatic nitrogens is 1. The molecule has 1 aromatic carbocycles. The van der Waals surface area contributed by atoms with E-state index >= 15 is 0 Å². The number of amides is 1. The summed E-state index contributed by atoms with van der Waals surface area (Å²) in [5.41, 5.74) is 1.96. The van der Waals surface area contributed by atoms with Gasteiger partial charge in [-0.25, -0.2) is 0 Å². The van der Waals surface area contributed by atoms with E-state index in [-0.39, 0.29) is 29.8 Å². The zero-order valence-electron chi connectivity index (χ0n) is 25.1. The first-order valence-electron chi connectivity index (χ1n) is 14.0. The fraction of sp³-hybridized carbons (Fsp3) is 0.484. The number of phenolic OH excluding ortho intramolecular Hbond substituents is 1. The Balaban J connectivity index is 1.68. The molecule has 0 aliphatic heterocycles. The summed E-state index contributed by atoms with van der Waals surface area (Å²) in [7, 11) is 6.72. The van der Waals surface area contributed by atoms with Gasteiger partial charge in [0.15, 0.2) is 34.7 Å². The van der Waals surface area contributed by atoms with E-state index in [9.17, 15) is 34.2 Å². The molecular weight excluding hydrogens is 554 g/mol. The number of benzene rings is 1. The predicted molar refractivity (Wildman–Crippen MR) is 156 cm³/mol. The number of nitrogens with one attached hydrogen (secondary N) is 1.